The number of hydrogen-bond donors (Lipinski definition) is 0. The van der Waals surface area contributed by atoms with Crippen molar-refractivity contribution in [2.75, 3.05) is 0 Å². The van der Waals surface area contributed by atoms with E-state index in [9.17, 15) is 0 Å². The molecule has 1 heteroatoms. The van der Waals surface area contributed by atoms with Gasteiger partial charge < -0.3 is 0 Å². The van der Waals surface area contributed by atoms with Gasteiger partial charge in [0.25, 0.3) is 0 Å². The molecule has 0 aromatic heterocycles. The van der Waals surface area contributed by atoms with Gasteiger partial charge in [0, 0.05) is 10.2 Å². The first-order chi connectivity index (χ1) is 8.47. The second-order valence-corrected chi connectivity index (χ2v) is 8.67. The summed E-state index contributed by atoms with van der Waals surface area (Å²) < 4.78 is 0. The summed E-state index contributed by atoms with van der Waals surface area (Å²) in [5, 5.41) is 0. The number of rotatable bonds is 6. The summed E-state index contributed by atoms with van der Waals surface area (Å²) in [6.45, 7) is 14.7. The first-order valence-electron chi connectivity index (χ1n) is 8.47. The predicted molar refractivity (Wildman–Crippen MR) is 87.1 cm³/mol. The Morgan fingerprint density at radius 2 is 1.28 bits per heavy atom. The lowest BCUT2D eigenvalue weighted by Crippen LogP contribution is -2.30. The third-order valence-electron chi connectivity index (χ3n) is 6.22. The van der Waals surface area contributed by atoms with Crippen LogP contribution in [0.2, 0.25) is 5.54 Å². The summed E-state index contributed by atoms with van der Waals surface area (Å²) in [4.78, 5) is 0. The van der Waals surface area contributed by atoms with Gasteiger partial charge in [0.2, 0.25) is 0 Å². The fraction of sp³-hybridized carbons (Fsp3) is 1.00. The van der Waals surface area contributed by atoms with E-state index in [4.69, 9.17) is 0 Å². The maximum atomic E-state index is 2.52. The molecular weight excluding hydrogens is 232 g/mol. The first kappa shape index (κ1) is 16.3. The van der Waals surface area contributed by atoms with Gasteiger partial charge in [-0.25, -0.2) is 0 Å². The van der Waals surface area contributed by atoms with Gasteiger partial charge in [-0.15, -0.1) is 0 Å². The van der Waals surface area contributed by atoms with Crippen molar-refractivity contribution >= 4 is 10.2 Å². The molecule has 0 aliphatic heterocycles. The molecule has 7 unspecified atom stereocenters. The van der Waals surface area contributed by atoms with Crippen LogP contribution < -0.4 is 0 Å². The van der Waals surface area contributed by atoms with Crippen LogP contribution in [-0.2, 0) is 0 Å². The zero-order chi connectivity index (χ0) is 13.9. The van der Waals surface area contributed by atoms with Crippen molar-refractivity contribution < 1.29 is 0 Å². The zero-order valence-corrected chi connectivity index (χ0v) is 15.9. The van der Waals surface area contributed by atoms with Crippen molar-refractivity contribution in [2.24, 2.45) is 35.5 Å². The minimum absolute atomic E-state index is 0.932. The molecule has 1 aliphatic rings. The second kappa shape index (κ2) is 7.12. The quantitative estimate of drug-likeness (QED) is 0.621. The van der Waals surface area contributed by atoms with Gasteiger partial charge >= 0.3 is 0 Å². The Labute approximate surface area is 119 Å². The fourth-order valence-corrected chi connectivity index (χ4v) is 6.25. The Morgan fingerprint density at radius 3 is 1.72 bits per heavy atom. The molecule has 0 nitrogen and oxygen atoms in total. The fourth-order valence-electron chi connectivity index (χ4n) is 4.61. The molecule has 0 radical (unpaired) electrons. The van der Waals surface area contributed by atoms with Crippen LogP contribution in [0.5, 0.6) is 0 Å². The van der Waals surface area contributed by atoms with Crippen molar-refractivity contribution in [1.82, 2.24) is 0 Å². The molecule has 1 rings (SSSR count). The lowest BCUT2D eigenvalue weighted by molar-refractivity contribution is 0.133. The van der Waals surface area contributed by atoms with Crippen LogP contribution >= 0.6 is 0 Å². The second-order valence-electron chi connectivity index (χ2n) is 7.19. The highest BCUT2D eigenvalue weighted by molar-refractivity contribution is 6.12. The molecule has 0 spiro atoms. The molecule has 1 saturated carbocycles. The lowest BCUT2D eigenvalue weighted by atomic mass is 9.70. The van der Waals surface area contributed by atoms with Crippen LogP contribution in [0.3, 0.4) is 0 Å². The largest absolute Gasteiger partial charge is 0.0651 e. The third-order valence-corrected chi connectivity index (χ3v) is 7.46. The van der Waals surface area contributed by atoms with Crippen molar-refractivity contribution in [2.45, 2.75) is 72.8 Å². The minimum atomic E-state index is 0.932. The van der Waals surface area contributed by atoms with Crippen LogP contribution in [0.15, 0.2) is 0 Å². The highest BCUT2D eigenvalue weighted by Crippen LogP contribution is 2.54. The van der Waals surface area contributed by atoms with Crippen LogP contribution in [0.25, 0.3) is 0 Å². The molecular formula is C17H36Si. The maximum Gasteiger partial charge on any atom is 0.00712 e. The van der Waals surface area contributed by atoms with Crippen molar-refractivity contribution in [3.8, 4) is 0 Å². The average molecular weight is 269 g/mol. The molecule has 0 saturated heterocycles. The Morgan fingerprint density at radius 1 is 0.833 bits per heavy atom. The van der Waals surface area contributed by atoms with Crippen molar-refractivity contribution in [1.29, 1.82) is 0 Å². The van der Waals surface area contributed by atoms with Gasteiger partial charge in [-0.05, 0) is 41.9 Å². The summed E-state index contributed by atoms with van der Waals surface area (Å²) in [5.41, 5.74) is 1.08. The van der Waals surface area contributed by atoms with E-state index >= 15 is 0 Å². The molecule has 1 fully saturated rings. The minimum Gasteiger partial charge on any atom is -0.0651 e. The summed E-state index contributed by atoms with van der Waals surface area (Å²) in [7, 11) is 1.41. The first-order valence-corrected chi connectivity index (χ1v) is 9.63. The number of hydrogen-bond acceptors (Lipinski definition) is 0. The van der Waals surface area contributed by atoms with E-state index in [-0.39, 0.29) is 0 Å². The molecule has 18 heavy (non-hydrogen) atoms. The van der Waals surface area contributed by atoms with Crippen molar-refractivity contribution in [3.05, 3.63) is 0 Å². The molecule has 108 valence electrons. The Kier molecular flexibility index (Phi) is 6.44. The molecule has 1 aliphatic carbocycles. The van der Waals surface area contributed by atoms with Crippen LogP contribution in [0.1, 0.15) is 67.2 Å². The van der Waals surface area contributed by atoms with E-state index < -0.39 is 0 Å². The van der Waals surface area contributed by atoms with E-state index in [2.05, 4.69) is 41.5 Å². The predicted octanol–water partition coefficient (Wildman–Crippen LogP) is 4.53. The smallest absolute Gasteiger partial charge is 0.00712 e. The molecule has 0 aromatic rings. The van der Waals surface area contributed by atoms with Crippen LogP contribution in [0.4, 0.5) is 0 Å². The molecule has 7 atom stereocenters. The van der Waals surface area contributed by atoms with E-state index in [1.165, 1.54) is 29.5 Å². The van der Waals surface area contributed by atoms with Gasteiger partial charge in [-0.2, -0.15) is 0 Å². The average Bonchev–Trinajstić information content (AvgIpc) is 2.73. The standard InChI is InChI=1S/C17H36Si/c1-7-11(4)14-10-15(18)17(13(6)9-3)16(14)12(5)8-2/h11-17H,7-10H2,1-6,18H3. The Hall–Kier alpha value is 0.217. The molecule has 0 amide bonds. The van der Waals surface area contributed by atoms with Gasteiger partial charge in [0.1, 0.15) is 0 Å². The van der Waals surface area contributed by atoms with Gasteiger partial charge in [-0.3, -0.25) is 0 Å². The Balaban J connectivity index is 2.94. The summed E-state index contributed by atoms with van der Waals surface area (Å²) in [5.74, 6) is 5.89. The van der Waals surface area contributed by atoms with Crippen LogP contribution in [0, 0.1) is 35.5 Å². The normalized spacial score (nSPS) is 37.7. The zero-order valence-electron chi connectivity index (χ0n) is 13.9. The van der Waals surface area contributed by atoms with E-state index in [1.807, 2.05) is 0 Å². The molecule has 0 N–H and O–H groups in total. The van der Waals surface area contributed by atoms with Gasteiger partial charge in [0.15, 0.2) is 0 Å². The summed E-state index contributed by atoms with van der Waals surface area (Å²) >= 11 is 0. The Bertz CT molecular complexity index is 238. The molecule has 0 bridgehead atoms. The van der Waals surface area contributed by atoms with E-state index in [1.54, 1.807) is 6.42 Å². The third kappa shape index (κ3) is 3.21. The topological polar surface area (TPSA) is 0 Å². The maximum absolute atomic E-state index is 2.52. The van der Waals surface area contributed by atoms with Crippen LogP contribution in [-0.4, -0.2) is 10.2 Å². The summed E-state index contributed by atoms with van der Waals surface area (Å²) in [6.07, 6.45) is 5.67. The molecule has 0 heterocycles. The highest BCUT2D eigenvalue weighted by Gasteiger charge is 2.45. The molecule has 0 aromatic carbocycles. The van der Waals surface area contributed by atoms with Gasteiger partial charge in [0.05, 0.1) is 0 Å². The SMILES string of the molecule is CCC(C)C1CC([SiH3])C(C(C)CC)C1C(C)CC. The van der Waals surface area contributed by atoms with Crippen molar-refractivity contribution in [3.63, 3.8) is 0 Å². The van der Waals surface area contributed by atoms with Gasteiger partial charge in [-0.1, -0.05) is 66.3 Å². The lowest BCUT2D eigenvalue weighted by Gasteiger charge is -2.36. The van der Waals surface area contributed by atoms with E-state index in [0.717, 1.165) is 41.0 Å². The van der Waals surface area contributed by atoms with E-state index in [0.29, 0.717) is 0 Å². The summed E-state index contributed by atoms with van der Waals surface area (Å²) in [6, 6.07) is 0. The highest BCUT2D eigenvalue weighted by atomic mass is 28.1. The monoisotopic (exact) mass is 268 g/mol.